The number of rotatable bonds is 8. The Morgan fingerprint density at radius 3 is 2.34 bits per heavy atom. The summed E-state index contributed by atoms with van der Waals surface area (Å²) in [5.41, 5.74) is 1.39. The quantitative estimate of drug-likeness (QED) is 0.310. The van der Waals surface area contributed by atoms with Crippen molar-refractivity contribution in [2.45, 2.75) is 85.0 Å². The lowest BCUT2D eigenvalue weighted by Crippen LogP contribution is -2.62. The fourth-order valence-electron chi connectivity index (χ4n) is 4.03. The van der Waals surface area contributed by atoms with E-state index in [-0.39, 0.29) is 23.6 Å². The first-order valence-electron chi connectivity index (χ1n) is 11.8. The van der Waals surface area contributed by atoms with Crippen molar-refractivity contribution in [1.29, 1.82) is 5.26 Å². The number of ether oxygens (including phenoxy) is 1. The van der Waals surface area contributed by atoms with Crippen LogP contribution in [0.15, 0.2) is 24.3 Å². The first-order valence-corrected chi connectivity index (χ1v) is 14.6. The molecule has 0 radical (unpaired) electrons. The highest BCUT2D eigenvalue weighted by molar-refractivity contribution is 6.48. The molecule has 1 aliphatic heterocycles. The van der Waals surface area contributed by atoms with Crippen LogP contribution in [0, 0.1) is 32.8 Å². The number of hydroxylamine groups is 1. The molecule has 10 nitrogen and oxygen atoms in total. The molecule has 0 aliphatic carbocycles. The van der Waals surface area contributed by atoms with Crippen molar-refractivity contribution in [3.05, 3.63) is 39.9 Å². The van der Waals surface area contributed by atoms with Crippen LogP contribution in [0.4, 0.5) is 10.5 Å². The number of nitro benzene ring substituents is 1. The van der Waals surface area contributed by atoms with Gasteiger partial charge in [0.25, 0.3) is 5.69 Å². The SMILES string of the molecule is C[SiH](C)O[C@]1(C(C#N)NOCc2ccc([N+](=O)[O-])cc2)C[C@H](C(C)(C)C)CN1C(=O)OC(C)(C)C. The topological polar surface area (TPSA) is 127 Å². The van der Waals surface area contributed by atoms with Gasteiger partial charge < -0.3 is 9.16 Å². The van der Waals surface area contributed by atoms with Gasteiger partial charge in [-0.1, -0.05) is 20.8 Å². The summed E-state index contributed by atoms with van der Waals surface area (Å²) in [5.74, 6) is 0.0649. The second kappa shape index (κ2) is 11.0. The fourth-order valence-corrected chi connectivity index (χ4v) is 5.21. The number of nitrogens with zero attached hydrogens (tertiary/aromatic N) is 3. The maximum Gasteiger partial charge on any atom is 0.412 e. The second-order valence-corrected chi connectivity index (χ2v) is 13.6. The van der Waals surface area contributed by atoms with Crippen LogP contribution in [-0.2, 0) is 20.6 Å². The molecule has 1 aromatic rings. The minimum absolute atomic E-state index is 0.0157. The Balaban J connectivity index is 2.33. The number of carbonyl (C=O) groups excluding carboxylic acids is 1. The van der Waals surface area contributed by atoms with Crippen molar-refractivity contribution in [2.24, 2.45) is 11.3 Å². The van der Waals surface area contributed by atoms with Gasteiger partial charge >= 0.3 is 6.09 Å². The lowest BCUT2D eigenvalue weighted by atomic mass is 9.78. The largest absolute Gasteiger partial charge is 0.444 e. The zero-order valence-electron chi connectivity index (χ0n) is 22.0. The molecular weight excluding hydrogens is 468 g/mol. The number of nitrogens with one attached hydrogen (secondary N) is 1. The third-order valence-corrected chi connectivity index (χ3v) is 6.72. The number of benzene rings is 1. The molecule has 0 aromatic heterocycles. The Labute approximate surface area is 209 Å². The van der Waals surface area contributed by atoms with E-state index in [9.17, 15) is 20.2 Å². The first-order chi connectivity index (χ1) is 16.1. The molecule has 0 bridgehead atoms. The van der Waals surface area contributed by atoms with Gasteiger partial charge in [-0.2, -0.15) is 10.7 Å². The number of amides is 1. The molecule has 35 heavy (non-hydrogen) atoms. The molecule has 2 rings (SSSR count). The summed E-state index contributed by atoms with van der Waals surface area (Å²) in [7, 11) is -1.74. The summed E-state index contributed by atoms with van der Waals surface area (Å²) in [4.78, 5) is 30.9. The number of nitro groups is 1. The van der Waals surface area contributed by atoms with E-state index in [1.165, 1.54) is 12.1 Å². The van der Waals surface area contributed by atoms with E-state index in [1.807, 2.05) is 13.1 Å². The molecule has 3 atom stereocenters. The van der Waals surface area contributed by atoms with Crippen LogP contribution in [0.3, 0.4) is 0 Å². The van der Waals surface area contributed by atoms with Gasteiger partial charge in [0.1, 0.15) is 5.60 Å². The maximum absolute atomic E-state index is 13.3. The number of hydrogen-bond acceptors (Lipinski definition) is 8. The average molecular weight is 507 g/mol. The van der Waals surface area contributed by atoms with E-state index in [0.717, 1.165) is 0 Å². The second-order valence-electron chi connectivity index (χ2n) is 11.3. The molecule has 0 saturated carbocycles. The number of likely N-dealkylation sites (tertiary alicyclic amines) is 1. The molecule has 1 amide bonds. The van der Waals surface area contributed by atoms with E-state index >= 15 is 0 Å². The predicted octanol–water partition coefficient (Wildman–Crippen LogP) is 4.51. The number of nitriles is 1. The molecule has 1 fully saturated rings. The molecule has 194 valence electrons. The molecule has 1 aromatic carbocycles. The van der Waals surface area contributed by atoms with Crippen molar-refractivity contribution in [1.82, 2.24) is 10.4 Å². The lowest BCUT2D eigenvalue weighted by molar-refractivity contribution is -0.384. The maximum atomic E-state index is 13.3. The van der Waals surface area contributed by atoms with Gasteiger partial charge in [-0.25, -0.2) is 4.79 Å². The average Bonchev–Trinajstić information content (AvgIpc) is 3.10. The van der Waals surface area contributed by atoms with Gasteiger partial charge in [-0.15, -0.1) is 0 Å². The summed E-state index contributed by atoms with van der Waals surface area (Å²) in [6, 6.07) is 7.22. The highest BCUT2D eigenvalue weighted by atomic mass is 28.3. The Morgan fingerprint density at radius 1 is 1.29 bits per heavy atom. The van der Waals surface area contributed by atoms with Crippen molar-refractivity contribution in [3.8, 4) is 6.07 Å². The monoisotopic (exact) mass is 506 g/mol. The van der Waals surface area contributed by atoms with Gasteiger partial charge in [0.15, 0.2) is 20.8 Å². The standard InChI is InChI=1S/C24H38N4O6Si/c1-22(2,3)18-13-24(34-35(7)8,27(15-18)21(29)33-23(4,5)6)20(14-25)26-32-16-17-9-11-19(12-10-17)28(30)31/h9-12,18,20,26,35H,13,15-16H2,1-8H3/t18-,20?,24-/m0/s1. The smallest absolute Gasteiger partial charge is 0.412 e. The Bertz CT molecular complexity index is 935. The zero-order chi connectivity index (χ0) is 26.6. The van der Waals surface area contributed by atoms with Crippen LogP contribution >= 0.6 is 0 Å². The first kappa shape index (κ1) is 28.7. The van der Waals surface area contributed by atoms with Crippen LogP contribution in [0.1, 0.15) is 53.5 Å². The molecule has 1 saturated heterocycles. The molecular formula is C24H38N4O6Si. The van der Waals surface area contributed by atoms with Crippen molar-refractivity contribution in [3.63, 3.8) is 0 Å². The van der Waals surface area contributed by atoms with Gasteiger partial charge in [0.2, 0.25) is 0 Å². The van der Waals surface area contributed by atoms with Gasteiger partial charge in [0, 0.05) is 25.1 Å². The van der Waals surface area contributed by atoms with Crippen LogP contribution in [-0.4, -0.2) is 48.9 Å². The van der Waals surface area contributed by atoms with Crippen molar-refractivity contribution in [2.75, 3.05) is 6.54 Å². The summed E-state index contributed by atoms with van der Waals surface area (Å²) in [5, 5.41) is 21.0. The predicted molar refractivity (Wildman–Crippen MR) is 134 cm³/mol. The van der Waals surface area contributed by atoms with E-state index in [2.05, 4.69) is 32.3 Å². The van der Waals surface area contributed by atoms with Crippen LogP contribution in [0.25, 0.3) is 0 Å². The van der Waals surface area contributed by atoms with Crippen molar-refractivity contribution >= 4 is 20.8 Å². The molecule has 11 heteroatoms. The Hall–Kier alpha value is -2.52. The van der Waals surface area contributed by atoms with E-state index in [0.29, 0.717) is 18.5 Å². The highest BCUT2D eigenvalue weighted by Gasteiger charge is 2.57. The summed E-state index contributed by atoms with van der Waals surface area (Å²) in [6.07, 6.45) is -0.0798. The molecule has 1 N–H and O–H groups in total. The fraction of sp³-hybridized carbons (Fsp3) is 0.667. The summed E-state index contributed by atoms with van der Waals surface area (Å²) >= 11 is 0. The molecule has 1 heterocycles. The van der Waals surface area contributed by atoms with Gasteiger partial charge in [-0.05, 0) is 62.9 Å². The summed E-state index contributed by atoms with van der Waals surface area (Å²) < 4.78 is 12.2. The number of non-ortho nitro benzene ring substituents is 1. The van der Waals surface area contributed by atoms with E-state index in [4.69, 9.17) is 14.0 Å². The van der Waals surface area contributed by atoms with Crippen LogP contribution in [0.2, 0.25) is 13.1 Å². The minimum Gasteiger partial charge on any atom is -0.444 e. The van der Waals surface area contributed by atoms with Gasteiger partial charge in [-0.3, -0.25) is 19.9 Å². The molecule has 1 unspecified atom stereocenters. The highest BCUT2D eigenvalue weighted by Crippen LogP contribution is 2.45. The van der Waals surface area contributed by atoms with Crippen LogP contribution < -0.4 is 5.48 Å². The number of hydrogen-bond donors (Lipinski definition) is 1. The third-order valence-electron chi connectivity index (χ3n) is 5.84. The minimum atomic E-state index is -1.74. The zero-order valence-corrected chi connectivity index (χ0v) is 23.1. The van der Waals surface area contributed by atoms with Crippen LogP contribution in [0.5, 0.6) is 0 Å². The van der Waals surface area contributed by atoms with E-state index in [1.54, 1.807) is 37.8 Å². The normalized spacial score (nSPS) is 21.6. The third kappa shape index (κ3) is 7.48. The van der Waals surface area contributed by atoms with Crippen molar-refractivity contribution < 1.29 is 23.7 Å². The lowest BCUT2D eigenvalue weighted by Gasteiger charge is -2.42. The number of carbonyl (C=O) groups is 1. The van der Waals surface area contributed by atoms with E-state index < -0.39 is 37.4 Å². The Kier molecular flexibility index (Phi) is 9.05. The Morgan fingerprint density at radius 2 is 1.89 bits per heavy atom. The molecule has 0 spiro atoms. The molecule has 1 aliphatic rings. The summed E-state index contributed by atoms with van der Waals surface area (Å²) in [6.45, 7) is 16.2. The van der Waals surface area contributed by atoms with Gasteiger partial charge in [0.05, 0.1) is 17.6 Å².